The minimum atomic E-state index is -0.224. The van der Waals surface area contributed by atoms with E-state index in [1.165, 1.54) is 22.7 Å². The SMILES string of the molecule is CNCCCC(NSc1ccc2ccccc2c1)C(=O)N1CCC(C=O)CC1. The Kier molecular flexibility index (Phi) is 7.89. The Labute approximate surface area is 171 Å². The van der Waals surface area contributed by atoms with Crippen molar-refractivity contribution in [1.29, 1.82) is 0 Å². The number of hydrogen-bond acceptors (Lipinski definition) is 5. The lowest BCUT2D eigenvalue weighted by molar-refractivity contribution is -0.135. The van der Waals surface area contributed by atoms with Crippen LogP contribution in [0.3, 0.4) is 0 Å². The van der Waals surface area contributed by atoms with Crippen LogP contribution in [-0.4, -0.2) is 49.8 Å². The molecule has 6 heteroatoms. The van der Waals surface area contributed by atoms with Crippen LogP contribution in [0.5, 0.6) is 0 Å². The van der Waals surface area contributed by atoms with Crippen molar-refractivity contribution in [2.75, 3.05) is 26.7 Å². The molecule has 1 fully saturated rings. The number of amides is 1. The molecule has 0 radical (unpaired) electrons. The monoisotopic (exact) mass is 399 g/mol. The number of carbonyl (C=O) groups excluding carboxylic acids is 2. The number of fused-ring (bicyclic) bond motifs is 1. The zero-order chi connectivity index (χ0) is 19.8. The zero-order valence-electron chi connectivity index (χ0n) is 16.4. The van der Waals surface area contributed by atoms with Gasteiger partial charge in [0.1, 0.15) is 6.29 Å². The smallest absolute Gasteiger partial charge is 0.240 e. The molecule has 0 bridgehead atoms. The highest BCUT2D eigenvalue weighted by atomic mass is 32.2. The fourth-order valence-corrected chi connectivity index (χ4v) is 4.38. The van der Waals surface area contributed by atoms with E-state index in [0.717, 1.165) is 43.4 Å². The van der Waals surface area contributed by atoms with E-state index in [1.54, 1.807) is 0 Å². The standard InChI is InChI=1S/C22H29N3O2S/c1-23-12-4-7-21(22(27)25-13-10-17(16-26)11-14-25)24-28-20-9-8-18-5-2-3-6-19(18)15-20/h2-3,5-6,8-9,15-17,21,23-24H,4,7,10-14H2,1H3. The molecule has 1 unspecified atom stereocenters. The lowest BCUT2D eigenvalue weighted by Crippen LogP contribution is -2.48. The summed E-state index contributed by atoms with van der Waals surface area (Å²) >= 11 is 1.52. The number of hydrogen-bond donors (Lipinski definition) is 2. The van der Waals surface area contributed by atoms with Gasteiger partial charge in [-0.3, -0.25) is 4.79 Å². The van der Waals surface area contributed by atoms with Crippen molar-refractivity contribution in [3.05, 3.63) is 42.5 Å². The molecule has 1 atom stereocenters. The average molecular weight is 400 g/mol. The van der Waals surface area contributed by atoms with Gasteiger partial charge >= 0.3 is 0 Å². The fraction of sp³-hybridized carbons (Fsp3) is 0.455. The van der Waals surface area contributed by atoms with E-state index >= 15 is 0 Å². The summed E-state index contributed by atoms with van der Waals surface area (Å²) in [7, 11) is 1.93. The van der Waals surface area contributed by atoms with Crippen molar-refractivity contribution >= 4 is 34.9 Å². The first kappa shape index (κ1) is 20.8. The summed E-state index contributed by atoms with van der Waals surface area (Å²) in [6.45, 7) is 2.24. The van der Waals surface area contributed by atoms with Crippen LogP contribution in [0.15, 0.2) is 47.4 Å². The molecule has 0 spiro atoms. The van der Waals surface area contributed by atoms with Gasteiger partial charge in [0.25, 0.3) is 0 Å². The number of aldehydes is 1. The highest BCUT2D eigenvalue weighted by Gasteiger charge is 2.28. The molecule has 0 aliphatic carbocycles. The molecule has 2 aromatic rings. The Morgan fingerprint density at radius 2 is 1.96 bits per heavy atom. The van der Waals surface area contributed by atoms with Crippen LogP contribution in [0.1, 0.15) is 25.7 Å². The number of benzene rings is 2. The Balaban J connectivity index is 1.63. The molecule has 2 aromatic carbocycles. The van der Waals surface area contributed by atoms with E-state index in [1.807, 2.05) is 24.1 Å². The van der Waals surface area contributed by atoms with Crippen molar-refractivity contribution < 1.29 is 9.59 Å². The first-order chi connectivity index (χ1) is 13.7. The minimum Gasteiger partial charge on any atom is -0.341 e. The summed E-state index contributed by atoms with van der Waals surface area (Å²) < 4.78 is 3.41. The number of nitrogens with one attached hydrogen (secondary N) is 2. The van der Waals surface area contributed by atoms with Crippen molar-refractivity contribution in [1.82, 2.24) is 14.9 Å². The normalized spacial score (nSPS) is 16.2. The van der Waals surface area contributed by atoms with E-state index in [2.05, 4.69) is 40.4 Å². The number of carbonyl (C=O) groups is 2. The third-order valence-corrected chi connectivity index (χ3v) is 6.19. The Morgan fingerprint density at radius 1 is 1.21 bits per heavy atom. The molecule has 0 aromatic heterocycles. The molecular weight excluding hydrogens is 370 g/mol. The maximum absolute atomic E-state index is 13.1. The molecule has 1 heterocycles. The Bertz CT molecular complexity index is 790. The Morgan fingerprint density at radius 3 is 2.68 bits per heavy atom. The number of likely N-dealkylation sites (tertiary alicyclic amines) is 1. The summed E-state index contributed by atoms with van der Waals surface area (Å²) in [5.74, 6) is 0.250. The lowest BCUT2D eigenvalue weighted by atomic mass is 9.98. The molecule has 5 nitrogen and oxygen atoms in total. The van der Waals surface area contributed by atoms with Crippen LogP contribution in [0.2, 0.25) is 0 Å². The van der Waals surface area contributed by atoms with E-state index in [-0.39, 0.29) is 17.9 Å². The summed E-state index contributed by atoms with van der Waals surface area (Å²) in [5.41, 5.74) is 0. The largest absolute Gasteiger partial charge is 0.341 e. The van der Waals surface area contributed by atoms with Crippen molar-refractivity contribution in [3.63, 3.8) is 0 Å². The van der Waals surface area contributed by atoms with Gasteiger partial charge < -0.3 is 15.0 Å². The van der Waals surface area contributed by atoms with Gasteiger partial charge in [-0.05, 0) is 74.1 Å². The van der Waals surface area contributed by atoms with Crippen LogP contribution < -0.4 is 10.0 Å². The van der Waals surface area contributed by atoms with Gasteiger partial charge in [-0.15, -0.1) is 0 Å². The van der Waals surface area contributed by atoms with Gasteiger partial charge in [-0.25, -0.2) is 4.72 Å². The van der Waals surface area contributed by atoms with Crippen LogP contribution in [0.4, 0.5) is 0 Å². The summed E-state index contributed by atoms with van der Waals surface area (Å²) in [5, 5.41) is 5.56. The zero-order valence-corrected chi connectivity index (χ0v) is 17.2. The second kappa shape index (κ2) is 10.6. The van der Waals surface area contributed by atoms with Gasteiger partial charge in [-0.1, -0.05) is 30.3 Å². The minimum absolute atomic E-state index is 0.103. The Hall–Kier alpha value is -1.89. The van der Waals surface area contributed by atoms with Crippen molar-refractivity contribution in [2.24, 2.45) is 5.92 Å². The number of nitrogens with zero attached hydrogens (tertiary/aromatic N) is 1. The first-order valence-corrected chi connectivity index (χ1v) is 10.8. The van der Waals surface area contributed by atoms with Crippen LogP contribution in [0, 0.1) is 5.92 Å². The van der Waals surface area contributed by atoms with E-state index in [9.17, 15) is 9.59 Å². The van der Waals surface area contributed by atoms with Gasteiger partial charge in [0, 0.05) is 23.9 Å². The van der Waals surface area contributed by atoms with E-state index in [0.29, 0.717) is 13.1 Å². The average Bonchev–Trinajstić information content (AvgIpc) is 2.75. The second-order valence-corrected chi connectivity index (χ2v) is 8.24. The van der Waals surface area contributed by atoms with Gasteiger partial charge in [0.05, 0.1) is 6.04 Å². The predicted molar refractivity (Wildman–Crippen MR) is 115 cm³/mol. The van der Waals surface area contributed by atoms with Gasteiger partial charge in [0.2, 0.25) is 5.91 Å². The summed E-state index contributed by atoms with van der Waals surface area (Å²) in [6.07, 6.45) is 4.30. The quantitative estimate of drug-likeness (QED) is 0.385. The molecule has 150 valence electrons. The molecule has 0 saturated carbocycles. The maximum Gasteiger partial charge on any atom is 0.240 e. The van der Waals surface area contributed by atoms with Crippen LogP contribution >= 0.6 is 11.9 Å². The third-order valence-electron chi connectivity index (χ3n) is 5.30. The predicted octanol–water partition coefficient (Wildman–Crippen LogP) is 3.24. The van der Waals surface area contributed by atoms with Crippen molar-refractivity contribution in [2.45, 2.75) is 36.6 Å². The molecule has 1 aliphatic rings. The third kappa shape index (κ3) is 5.56. The molecular formula is C22H29N3O2S. The summed E-state index contributed by atoms with van der Waals surface area (Å²) in [4.78, 5) is 27.0. The first-order valence-electron chi connectivity index (χ1n) is 10.0. The highest BCUT2D eigenvalue weighted by molar-refractivity contribution is 7.97. The van der Waals surface area contributed by atoms with Crippen LogP contribution in [0.25, 0.3) is 10.8 Å². The molecule has 28 heavy (non-hydrogen) atoms. The molecule has 1 saturated heterocycles. The van der Waals surface area contributed by atoms with Crippen molar-refractivity contribution in [3.8, 4) is 0 Å². The maximum atomic E-state index is 13.1. The molecule has 2 N–H and O–H groups in total. The van der Waals surface area contributed by atoms with Crippen LogP contribution in [-0.2, 0) is 9.59 Å². The second-order valence-electron chi connectivity index (χ2n) is 7.33. The van der Waals surface area contributed by atoms with E-state index in [4.69, 9.17) is 0 Å². The fourth-order valence-electron chi connectivity index (χ4n) is 3.56. The molecule has 1 amide bonds. The van der Waals surface area contributed by atoms with E-state index < -0.39 is 0 Å². The number of piperidine rings is 1. The van der Waals surface area contributed by atoms with Gasteiger partial charge in [0.15, 0.2) is 0 Å². The topological polar surface area (TPSA) is 61.4 Å². The van der Waals surface area contributed by atoms with Gasteiger partial charge in [-0.2, -0.15) is 0 Å². The highest BCUT2D eigenvalue weighted by Crippen LogP contribution is 2.23. The molecule has 3 rings (SSSR count). The number of rotatable bonds is 9. The molecule has 1 aliphatic heterocycles. The lowest BCUT2D eigenvalue weighted by Gasteiger charge is -2.32. The summed E-state index contributed by atoms with van der Waals surface area (Å²) in [6, 6.07) is 14.4.